The summed E-state index contributed by atoms with van der Waals surface area (Å²) in [6.07, 6.45) is 2.29. The van der Waals surface area contributed by atoms with Crippen molar-refractivity contribution in [1.82, 2.24) is 4.98 Å². The molecule has 0 unspecified atom stereocenters. The average molecular weight is 238 g/mol. The number of carbonyl (C=O) groups is 1. The molecule has 16 heavy (non-hydrogen) atoms. The molecule has 0 saturated carbocycles. The highest BCUT2D eigenvalue weighted by Crippen LogP contribution is 2.18. The zero-order chi connectivity index (χ0) is 11.5. The van der Waals surface area contributed by atoms with E-state index in [0.717, 1.165) is 11.6 Å². The van der Waals surface area contributed by atoms with Crippen molar-refractivity contribution in [3.05, 3.63) is 35.7 Å². The lowest BCUT2D eigenvalue weighted by molar-refractivity contribution is -0.131. The quantitative estimate of drug-likeness (QED) is 0.659. The summed E-state index contributed by atoms with van der Waals surface area (Å²) in [5, 5.41) is 8.46. The molecule has 0 aliphatic heterocycles. The normalized spacial score (nSPS) is 11.3. The Morgan fingerprint density at radius 2 is 2.38 bits per heavy atom. The first-order valence-corrected chi connectivity index (χ1v) is 5.09. The van der Waals surface area contributed by atoms with Gasteiger partial charge in [-0.3, -0.25) is 0 Å². The van der Waals surface area contributed by atoms with Gasteiger partial charge in [-0.25, -0.2) is 9.78 Å². The van der Waals surface area contributed by atoms with Crippen molar-refractivity contribution in [3.8, 4) is 0 Å². The molecule has 1 aromatic heterocycles. The number of fused-ring (bicyclic) bond motifs is 1. The Labute approximate surface area is 96.2 Å². The number of carboxylic acid groups (broad SMARTS) is 1. The highest BCUT2D eigenvalue weighted by Gasteiger charge is 2.04. The first-order valence-electron chi connectivity index (χ1n) is 4.55. The second-order valence-electron chi connectivity index (χ2n) is 3.16. The van der Waals surface area contributed by atoms with Crippen LogP contribution in [0.15, 0.2) is 28.7 Å². The lowest BCUT2D eigenvalue weighted by atomic mass is 10.2. The molecule has 0 bridgehead atoms. The highest BCUT2D eigenvalue weighted by molar-refractivity contribution is 6.17. The molecule has 0 atom stereocenters. The van der Waals surface area contributed by atoms with E-state index >= 15 is 0 Å². The van der Waals surface area contributed by atoms with Crippen molar-refractivity contribution in [2.75, 3.05) is 0 Å². The van der Waals surface area contributed by atoms with Gasteiger partial charge in [-0.1, -0.05) is 6.07 Å². The van der Waals surface area contributed by atoms with E-state index in [2.05, 4.69) is 4.98 Å². The summed E-state index contributed by atoms with van der Waals surface area (Å²) in [7, 11) is 0. The van der Waals surface area contributed by atoms with E-state index in [9.17, 15) is 4.79 Å². The Balaban J connectivity index is 2.40. The van der Waals surface area contributed by atoms with Gasteiger partial charge in [0.1, 0.15) is 5.52 Å². The van der Waals surface area contributed by atoms with Crippen LogP contribution < -0.4 is 0 Å². The number of nitrogens with zero attached hydrogens (tertiary/aromatic N) is 1. The van der Waals surface area contributed by atoms with Crippen LogP contribution in [0.4, 0.5) is 0 Å². The maximum atomic E-state index is 10.3. The number of aromatic nitrogens is 1. The first kappa shape index (κ1) is 10.7. The van der Waals surface area contributed by atoms with E-state index in [-0.39, 0.29) is 5.89 Å². The van der Waals surface area contributed by atoms with Gasteiger partial charge < -0.3 is 9.52 Å². The predicted octanol–water partition coefficient (Wildman–Crippen LogP) is 2.66. The molecule has 0 saturated heterocycles. The van der Waals surface area contributed by atoms with Crippen LogP contribution >= 0.6 is 11.6 Å². The van der Waals surface area contributed by atoms with Crippen molar-refractivity contribution in [2.45, 2.75) is 5.88 Å². The zero-order valence-corrected chi connectivity index (χ0v) is 8.94. The fourth-order valence-corrected chi connectivity index (χ4v) is 1.45. The molecule has 0 spiro atoms. The van der Waals surface area contributed by atoms with Gasteiger partial charge in [0, 0.05) is 18.0 Å². The van der Waals surface area contributed by atoms with Crippen molar-refractivity contribution in [1.29, 1.82) is 0 Å². The number of hydrogen-bond acceptors (Lipinski definition) is 3. The van der Waals surface area contributed by atoms with E-state index in [1.54, 1.807) is 6.07 Å². The van der Waals surface area contributed by atoms with Gasteiger partial charge in [-0.2, -0.15) is 0 Å². The summed E-state index contributed by atoms with van der Waals surface area (Å²) < 4.78 is 5.31. The van der Waals surface area contributed by atoms with E-state index in [0.29, 0.717) is 17.0 Å². The van der Waals surface area contributed by atoms with E-state index in [1.807, 2.05) is 12.1 Å². The van der Waals surface area contributed by atoms with Gasteiger partial charge in [-0.15, -0.1) is 11.6 Å². The smallest absolute Gasteiger partial charge is 0.328 e. The predicted molar refractivity (Wildman–Crippen MR) is 60.2 cm³/mol. The van der Waals surface area contributed by atoms with Gasteiger partial charge in [0.25, 0.3) is 0 Å². The Morgan fingerprint density at radius 3 is 3.06 bits per heavy atom. The maximum absolute atomic E-state index is 10.3. The number of halogens is 1. The van der Waals surface area contributed by atoms with Gasteiger partial charge in [0.2, 0.25) is 5.89 Å². The van der Waals surface area contributed by atoms with Gasteiger partial charge in [0.15, 0.2) is 5.58 Å². The molecular weight excluding hydrogens is 230 g/mol. The Hall–Kier alpha value is -1.81. The maximum Gasteiger partial charge on any atom is 0.328 e. The molecule has 0 amide bonds. The van der Waals surface area contributed by atoms with Gasteiger partial charge >= 0.3 is 5.97 Å². The SMILES string of the molecule is O=C(O)/C=C/c1nc2cc(CCl)ccc2o1. The van der Waals surface area contributed by atoms with Crippen LogP contribution in [0, 0.1) is 0 Å². The number of benzene rings is 1. The largest absolute Gasteiger partial charge is 0.478 e. The average Bonchev–Trinajstić information content (AvgIpc) is 2.67. The summed E-state index contributed by atoms with van der Waals surface area (Å²) >= 11 is 5.69. The number of rotatable bonds is 3. The van der Waals surface area contributed by atoms with Crippen molar-refractivity contribution < 1.29 is 14.3 Å². The number of carboxylic acids is 1. The lowest BCUT2D eigenvalue weighted by Crippen LogP contribution is -1.85. The molecule has 82 valence electrons. The summed E-state index contributed by atoms with van der Waals surface area (Å²) in [6, 6.07) is 5.41. The standard InChI is InChI=1S/C11H8ClNO3/c12-6-7-1-2-9-8(5-7)13-10(16-9)3-4-11(14)15/h1-5H,6H2,(H,14,15)/b4-3+. The second kappa shape index (κ2) is 4.37. The molecule has 0 fully saturated rings. The zero-order valence-electron chi connectivity index (χ0n) is 8.18. The van der Waals surface area contributed by atoms with Gasteiger partial charge in [-0.05, 0) is 17.7 Å². The molecule has 2 rings (SSSR count). The number of alkyl halides is 1. The highest BCUT2D eigenvalue weighted by atomic mass is 35.5. The van der Waals surface area contributed by atoms with Crippen molar-refractivity contribution in [2.24, 2.45) is 0 Å². The van der Waals surface area contributed by atoms with Crippen LogP contribution in [0.5, 0.6) is 0 Å². The van der Waals surface area contributed by atoms with Crippen molar-refractivity contribution >= 4 is 34.7 Å². The summed E-state index contributed by atoms with van der Waals surface area (Å²) in [4.78, 5) is 14.4. The van der Waals surface area contributed by atoms with Crippen LogP contribution in [0.3, 0.4) is 0 Å². The minimum absolute atomic E-state index is 0.268. The first-order chi connectivity index (χ1) is 7.69. The second-order valence-corrected chi connectivity index (χ2v) is 3.43. The Bertz CT molecular complexity index is 559. The van der Waals surface area contributed by atoms with E-state index < -0.39 is 5.97 Å². The number of hydrogen-bond donors (Lipinski definition) is 1. The van der Waals surface area contributed by atoms with Gasteiger partial charge in [0.05, 0.1) is 0 Å². The third kappa shape index (κ3) is 2.23. The molecule has 5 heteroatoms. The Kier molecular flexibility index (Phi) is 2.92. The molecule has 2 aromatic rings. The van der Waals surface area contributed by atoms with Crippen LogP contribution in [-0.4, -0.2) is 16.1 Å². The Morgan fingerprint density at radius 1 is 1.56 bits per heavy atom. The van der Waals surface area contributed by atoms with E-state index in [1.165, 1.54) is 6.08 Å². The van der Waals surface area contributed by atoms with E-state index in [4.69, 9.17) is 21.1 Å². The topological polar surface area (TPSA) is 63.3 Å². The minimum Gasteiger partial charge on any atom is -0.478 e. The van der Waals surface area contributed by atoms with Crippen LogP contribution in [0.25, 0.3) is 17.2 Å². The molecule has 1 N–H and O–H groups in total. The molecular formula is C11H8ClNO3. The number of oxazole rings is 1. The third-order valence-corrected chi connectivity index (χ3v) is 2.30. The monoisotopic (exact) mass is 237 g/mol. The fraction of sp³-hybridized carbons (Fsp3) is 0.0909. The minimum atomic E-state index is -1.04. The third-order valence-electron chi connectivity index (χ3n) is 1.99. The summed E-state index contributed by atoms with van der Waals surface area (Å²) in [5.41, 5.74) is 2.22. The van der Waals surface area contributed by atoms with Crippen LogP contribution in [-0.2, 0) is 10.7 Å². The molecule has 0 aliphatic rings. The van der Waals surface area contributed by atoms with Crippen LogP contribution in [0.1, 0.15) is 11.5 Å². The van der Waals surface area contributed by atoms with Crippen LogP contribution in [0.2, 0.25) is 0 Å². The molecule has 1 heterocycles. The lowest BCUT2D eigenvalue weighted by Gasteiger charge is -1.91. The molecule has 0 aliphatic carbocycles. The number of aliphatic carboxylic acids is 1. The summed E-state index contributed by atoms with van der Waals surface area (Å²) in [6.45, 7) is 0. The molecule has 0 radical (unpaired) electrons. The summed E-state index contributed by atoms with van der Waals surface area (Å²) in [5.74, 6) is -0.365. The fourth-order valence-electron chi connectivity index (χ4n) is 1.29. The molecule has 4 nitrogen and oxygen atoms in total. The molecule has 1 aromatic carbocycles. The van der Waals surface area contributed by atoms with Crippen molar-refractivity contribution in [3.63, 3.8) is 0 Å².